The third-order valence-corrected chi connectivity index (χ3v) is 1.15. The molecule has 5 nitrogen and oxygen atoms in total. The number of hydrogen-bond acceptors (Lipinski definition) is 4. The molecule has 0 aliphatic carbocycles. The van der Waals surface area contributed by atoms with Crippen LogP contribution in [0.4, 0.5) is 0 Å². The largest absolute Gasteiger partial charge is 1.00 e. The van der Waals surface area contributed by atoms with E-state index in [9.17, 15) is 14.4 Å². The second-order valence-electron chi connectivity index (χ2n) is 2.24. The Morgan fingerprint density at radius 2 is 1.80 bits per heavy atom. The molecule has 0 saturated carbocycles. The van der Waals surface area contributed by atoms with Crippen LogP contribution in [0.1, 0.15) is 22.1 Å². The molecule has 0 amide bonds. The first-order chi connectivity index (χ1) is 6.06. The fourth-order valence-electron chi connectivity index (χ4n) is 0.589. The number of carbonyl (C=O) groups excluding carboxylic acids is 2. The zero-order valence-corrected chi connectivity index (χ0v) is 15.2. The Bertz CT molecular complexity index is 248. The average Bonchev–Trinajstić information content (AvgIpc) is 2.03. The molecule has 0 aliphatic heterocycles. The van der Waals surface area contributed by atoms with Gasteiger partial charge in [-0.25, -0.2) is 4.79 Å². The van der Waals surface area contributed by atoms with E-state index in [0.29, 0.717) is 0 Å². The zero-order chi connectivity index (χ0) is 10.3. The van der Waals surface area contributed by atoms with Crippen molar-refractivity contribution in [2.75, 3.05) is 0 Å². The number of carboxylic acids is 1. The SMILES string of the molecule is C=CC(=O)OC(=O)CCCC(=O)O.[H-].[H-].[K+].[K+]. The first kappa shape index (κ1) is 21.9. The van der Waals surface area contributed by atoms with Crippen molar-refractivity contribution in [1.29, 1.82) is 0 Å². The van der Waals surface area contributed by atoms with Crippen LogP contribution in [0.2, 0.25) is 0 Å². The van der Waals surface area contributed by atoms with Gasteiger partial charge in [0.05, 0.1) is 0 Å². The van der Waals surface area contributed by atoms with Gasteiger partial charge in [0.1, 0.15) is 0 Å². The van der Waals surface area contributed by atoms with Crippen molar-refractivity contribution in [2.45, 2.75) is 19.3 Å². The summed E-state index contributed by atoms with van der Waals surface area (Å²) in [5.41, 5.74) is 0. The van der Waals surface area contributed by atoms with Crippen molar-refractivity contribution < 1.29 is 130 Å². The third kappa shape index (κ3) is 15.6. The molecule has 0 radical (unpaired) electrons. The number of rotatable bonds is 5. The molecule has 0 aromatic heterocycles. The number of aliphatic carboxylic acids is 1. The molecule has 0 fully saturated rings. The molecule has 0 atom stereocenters. The Hall–Kier alpha value is 1.62. The molecule has 15 heavy (non-hydrogen) atoms. The van der Waals surface area contributed by atoms with Crippen LogP contribution < -0.4 is 103 Å². The van der Waals surface area contributed by atoms with Crippen LogP contribution >= 0.6 is 0 Å². The van der Waals surface area contributed by atoms with E-state index in [1.54, 1.807) is 0 Å². The summed E-state index contributed by atoms with van der Waals surface area (Å²) < 4.78 is 4.19. The van der Waals surface area contributed by atoms with E-state index in [1.165, 1.54) is 0 Å². The van der Waals surface area contributed by atoms with Crippen LogP contribution in [0.3, 0.4) is 0 Å². The van der Waals surface area contributed by atoms with Gasteiger partial charge in [-0.3, -0.25) is 9.59 Å². The first-order valence-corrected chi connectivity index (χ1v) is 3.65. The van der Waals surface area contributed by atoms with E-state index < -0.39 is 17.9 Å². The second-order valence-corrected chi connectivity index (χ2v) is 2.24. The first-order valence-electron chi connectivity index (χ1n) is 3.65. The minimum absolute atomic E-state index is 0. The Kier molecular flexibility index (Phi) is 19.9. The van der Waals surface area contributed by atoms with Gasteiger partial charge >= 0.3 is 121 Å². The van der Waals surface area contributed by atoms with Gasteiger partial charge in [0.15, 0.2) is 0 Å². The Balaban J connectivity index is -0.000000120. The summed E-state index contributed by atoms with van der Waals surface area (Å²) in [5, 5.41) is 8.22. The summed E-state index contributed by atoms with van der Waals surface area (Å²) in [6.45, 7) is 3.10. The third-order valence-electron chi connectivity index (χ3n) is 1.15. The smallest absolute Gasteiger partial charge is 1.00 e. The molecule has 76 valence electrons. The molecular formula is C8H12K2O5. The van der Waals surface area contributed by atoms with Crippen molar-refractivity contribution in [1.82, 2.24) is 0 Å². The van der Waals surface area contributed by atoms with Gasteiger partial charge in [-0.1, -0.05) is 6.58 Å². The Labute approximate surface area is 176 Å². The summed E-state index contributed by atoms with van der Waals surface area (Å²) in [4.78, 5) is 31.2. The van der Waals surface area contributed by atoms with Crippen molar-refractivity contribution in [3.05, 3.63) is 12.7 Å². The summed E-state index contributed by atoms with van der Waals surface area (Å²) in [7, 11) is 0. The van der Waals surface area contributed by atoms with Crippen molar-refractivity contribution >= 4 is 17.9 Å². The molecule has 0 saturated heterocycles. The molecule has 0 spiro atoms. The van der Waals surface area contributed by atoms with Crippen LogP contribution in [0, 0.1) is 0 Å². The quantitative estimate of drug-likeness (QED) is 0.233. The number of esters is 2. The van der Waals surface area contributed by atoms with Gasteiger partial charge in [0, 0.05) is 18.9 Å². The van der Waals surface area contributed by atoms with Crippen molar-refractivity contribution in [3.63, 3.8) is 0 Å². The molecular weight excluding hydrogens is 254 g/mol. The molecule has 0 bridgehead atoms. The molecule has 0 rings (SSSR count). The molecule has 1 N–H and O–H groups in total. The number of ether oxygens (including phenoxy) is 1. The molecule has 0 heterocycles. The van der Waals surface area contributed by atoms with E-state index in [2.05, 4.69) is 11.3 Å². The molecule has 0 aromatic rings. The number of hydrogen-bond donors (Lipinski definition) is 1. The van der Waals surface area contributed by atoms with Crippen LogP contribution in [-0.2, 0) is 19.1 Å². The maximum atomic E-state index is 10.7. The predicted molar refractivity (Wildman–Crippen MR) is 45.0 cm³/mol. The average molecular weight is 266 g/mol. The van der Waals surface area contributed by atoms with E-state index in [0.717, 1.165) is 6.08 Å². The fourth-order valence-corrected chi connectivity index (χ4v) is 0.589. The van der Waals surface area contributed by atoms with E-state index in [4.69, 9.17) is 5.11 Å². The van der Waals surface area contributed by atoms with Gasteiger partial charge in [-0.05, 0) is 6.42 Å². The summed E-state index contributed by atoms with van der Waals surface area (Å²) in [5.74, 6) is -2.53. The van der Waals surface area contributed by atoms with Gasteiger partial charge in [0.25, 0.3) is 0 Å². The Morgan fingerprint density at radius 1 is 1.27 bits per heavy atom. The summed E-state index contributed by atoms with van der Waals surface area (Å²) >= 11 is 0. The standard InChI is InChI=1S/C8H10O5.2K.2H/c1-2-7(11)13-8(12)5-3-4-6(9)10;;;;/h2H,1,3-5H2,(H,9,10);;;;/q;2*+1;2*-1. The van der Waals surface area contributed by atoms with Gasteiger partial charge in [0.2, 0.25) is 0 Å². The predicted octanol–water partition coefficient (Wildman–Crippen LogP) is -5.27. The second kappa shape index (κ2) is 13.7. The van der Waals surface area contributed by atoms with Gasteiger partial charge < -0.3 is 12.7 Å². The zero-order valence-electron chi connectivity index (χ0n) is 11.0. The van der Waals surface area contributed by atoms with Gasteiger partial charge in [-0.2, -0.15) is 0 Å². The minimum Gasteiger partial charge on any atom is -1.00 e. The van der Waals surface area contributed by atoms with Crippen LogP contribution in [0.5, 0.6) is 0 Å². The molecule has 7 heteroatoms. The molecule has 0 unspecified atom stereocenters. The maximum Gasteiger partial charge on any atom is 1.00 e. The maximum absolute atomic E-state index is 10.7. The Morgan fingerprint density at radius 3 is 2.20 bits per heavy atom. The summed E-state index contributed by atoms with van der Waals surface area (Å²) in [6, 6.07) is 0. The van der Waals surface area contributed by atoms with Crippen molar-refractivity contribution in [2.24, 2.45) is 0 Å². The summed E-state index contributed by atoms with van der Waals surface area (Å²) in [6.07, 6.45) is 0.844. The van der Waals surface area contributed by atoms with E-state index >= 15 is 0 Å². The normalized spacial score (nSPS) is 7.73. The van der Waals surface area contributed by atoms with Crippen LogP contribution in [0.25, 0.3) is 0 Å². The van der Waals surface area contributed by atoms with E-state index in [1.807, 2.05) is 0 Å². The molecule has 0 aliphatic rings. The van der Waals surface area contributed by atoms with E-state index in [-0.39, 0.29) is 125 Å². The monoisotopic (exact) mass is 266 g/mol. The van der Waals surface area contributed by atoms with Crippen LogP contribution in [0.15, 0.2) is 12.7 Å². The van der Waals surface area contributed by atoms with Crippen molar-refractivity contribution in [3.8, 4) is 0 Å². The minimum atomic E-state index is -0.983. The number of carboxylic acid groups (broad SMARTS) is 1. The van der Waals surface area contributed by atoms with Gasteiger partial charge in [-0.15, -0.1) is 0 Å². The number of carbonyl (C=O) groups is 3. The topological polar surface area (TPSA) is 80.7 Å². The fraction of sp³-hybridized carbons (Fsp3) is 0.375. The molecule has 0 aromatic carbocycles. The van der Waals surface area contributed by atoms with Crippen LogP contribution in [-0.4, -0.2) is 23.0 Å².